The van der Waals surface area contributed by atoms with Crippen LogP contribution in [0.2, 0.25) is 0 Å². The van der Waals surface area contributed by atoms with E-state index in [-0.39, 0.29) is 6.61 Å². The summed E-state index contributed by atoms with van der Waals surface area (Å²) in [4.78, 5) is 25.0. The molecule has 1 saturated heterocycles. The minimum absolute atomic E-state index is 0.346. The summed E-state index contributed by atoms with van der Waals surface area (Å²) in [7, 11) is 0. The minimum atomic E-state index is -0.909. The average molecular weight is 300 g/mol. The van der Waals surface area contributed by atoms with Crippen molar-refractivity contribution in [1.82, 2.24) is 9.55 Å². The standard InChI is InChI=1S/C12H16N2O5S/c1-2-5-20-10-9(17)7(6-15)19-11(10)14-4-3-8(16)13-12(14)18/h2-4,7,9-11,15,17H,1,5-6H2,(H,13,16,18)/t7-,9-,10-,11-/m1/s1. The number of hydrogen-bond donors (Lipinski definition) is 3. The molecule has 0 radical (unpaired) electrons. The molecule has 0 saturated carbocycles. The van der Waals surface area contributed by atoms with E-state index in [4.69, 9.17) is 4.74 Å². The predicted octanol–water partition coefficient (Wildman–Crippen LogP) is -0.925. The summed E-state index contributed by atoms with van der Waals surface area (Å²) in [6, 6.07) is 1.21. The Morgan fingerprint density at radius 3 is 2.90 bits per heavy atom. The molecule has 0 bridgehead atoms. The van der Waals surface area contributed by atoms with E-state index in [9.17, 15) is 19.8 Å². The fourth-order valence-electron chi connectivity index (χ4n) is 2.08. The third-order valence-electron chi connectivity index (χ3n) is 3.02. The van der Waals surface area contributed by atoms with Crippen LogP contribution in [0, 0.1) is 0 Å². The number of H-pyrrole nitrogens is 1. The van der Waals surface area contributed by atoms with Crippen molar-refractivity contribution >= 4 is 11.8 Å². The molecule has 1 aromatic rings. The molecule has 8 heteroatoms. The zero-order valence-electron chi connectivity index (χ0n) is 10.6. The second kappa shape index (κ2) is 6.40. The number of aliphatic hydroxyl groups excluding tert-OH is 2. The van der Waals surface area contributed by atoms with Crippen molar-refractivity contribution < 1.29 is 14.9 Å². The fraction of sp³-hybridized carbons (Fsp3) is 0.500. The van der Waals surface area contributed by atoms with Gasteiger partial charge in [-0.3, -0.25) is 14.3 Å². The predicted molar refractivity (Wildman–Crippen MR) is 74.8 cm³/mol. The maximum absolute atomic E-state index is 11.8. The lowest BCUT2D eigenvalue weighted by molar-refractivity contribution is -0.0457. The second-order valence-electron chi connectivity index (χ2n) is 4.34. The summed E-state index contributed by atoms with van der Waals surface area (Å²) < 4.78 is 6.73. The van der Waals surface area contributed by atoms with Crippen LogP contribution in [0.3, 0.4) is 0 Å². The van der Waals surface area contributed by atoms with E-state index in [2.05, 4.69) is 11.6 Å². The zero-order chi connectivity index (χ0) is 14.7. The molecule has 1 aromatic heterocycles. The largest absolute Gasteiger partial charge is 0.394 e. The molecule has 1 aliphatic rings. The SMILES string of the molecule is C=CCS[C@@H]1[C@H](O)[C@@H](CO)O[C@H]1n1ccc(=O)[nH]c1=O. The van der Waals surface area contributed by atoms with Gasteiger partial charge >= 0.3 is 5.69 Å². The summed E-state index contributed by atoms with van der Waals surface area (Å²) in [5.41, 5.74) is -1.11. The molecule has 2 rings (SSSR count). The first-order valence-electron chi connectivity index (χ1n) is 6.07. The van der Waals surface area contributed by atoms with E-state index in [0.717, 1.165) is 0 Å². The number of aliphatic hydroxyl groups is 2. The van der Waals surface area contributed by atoms with Crippen LogP contribution >= 0.6 is 11.8 Å². The van der Waals surface area contributed by atoms with E-state index in [1.54, 1.807) is 6.08 Å². The number of nitrogens with one attached hydrogen (secondary N) is 1. The number of thioether (sulfide) groups is 1. The lowest BCUT2D eigenvalue weighted by atomic mass is 10.2. The normalized spacial score (nSPS) is 29.5. The van der Waals surface area contributed by atoms with Gasteiger partial charge in [0.15, 0.2) is 6.23 Å². The van der Waals surface area contributed by atoms with Gasteiger partial charge in [-0.25, -0.2) is 4.79 Å². The molecule has 3 N–H and O–H groups in total. The summed E-state index contributed by atoms with van der Waals surface area (Å²) in [5.74, 6) is 0.567. The number of rotatable bonds is 5. The molecule has 7 nitrogen and oxygen atoms in total. The molecule has 0 spiro atoms. The highest BCUT2D eigenvalue weighted by Crippen LogP contribution is 2.36. The molecule has 0 aromatic carbocycles. The van der Waals surface area contributed by atoms with Gasteiger partial charge in [0.25, 0.3) is 5.56 Å². The van der Waals surface area contributed by atoms with Gasteiger partial charge in [-0.05, 0) is 0 Å². The van der Waals surface area contributed by atoms with E-state index < -0.39 is 34.9 Å². The maximum Gasteiger partial charge on any atom is 0.330 e. The molecule has 4 atom stereocenters. The Balaban J connectivity index is 2.33. The van der Waals surface area contributed by atoms with Crippen LogP contribution in [0.5, 0.6) is 0 Å². The van der Waals surface area contributed by atoms with Crippen LogP contribution in [0.4, 0.5) is 0 Å². The lowest BCUT2D eigenvalue weighted by Crippen LogP contribution is -2.36. The van der Waals surface area contributed by atoms with Crippen molar-refractivity contribution in [1.29, 1.82) is 0 Å². The van der Waals surface area contributed by atoms with Crippen molar-refractivity contribution in [3.63, 3.8) is 0 Å². The molecule has 2 heterocycles. The van der Waals surface area contributed by atoms with E-state index in [1.165, 1.54) is 28.6 Å². The highest BCUT2D eigenvalue weighted by molar-refractivity contribution is 8.00. The molecule has 0 aliphatic carbocycles. The minimum Gasteiger partial charge on any atom is -0.394 e. The Labute approximate surface area is 118 Å². The first-order chi connectivity index (χ1) is 9.58. The summed E-state index contributed by atoms with van der Waals surface area (Å²) in [6.45, 7) is 3.26. The van der Waals surface area contributed by atoms with Crippen molar-refractivity contribution in [2.45, 2.75) is 23.7 Å². The van der Waals surface area contributed by atoms with Gasteiger partial charge in [-0.2, -0.15) is 0 Å². The smallest absolute Gasteiger partial charge is 0.330 e. The van der Waals surface area contributed by atoms with Crippen LogP contribution in [-0.2, 0) is 4.74 Å². The van der Waals surface area contributed by atoms with Gasteiger partial charge < -0.3 is 14.9 Å². The van der Waals surface area contributed by atoms with E-state index >= 15 is 0 Å². The first-order valence-corrected chi connectivity index (χ1v) is 7.11. The molecule has 0 amide bonds. The lowest BCUT2D eigenvalue weighted by Gasteiger charge is -2.20. The number of hydrogen-bond acceptors (Lipinski definition) is 6. The van der Waals surface area contributed by atoms with Gasteiger partial charge in [0.05, 0.1) is 18.0 Å². The molecule has 0 unspecified atom stereocenters. The van der Waals surface area contributed by atoms with Gasteiger partial charge in [0.1, 0.15) is 6.10 Å². The Morgan fingerprint density at radius 2 is 2.30 bits per heavy atom. The van der Waals surface area contributed by atoms with Crippen molar-refractivity contribution in [2.24, 2.45) is 0 Å². The van der Waals surface area contributed by atoms with Crippen LogP contribution < -0.4 is 11.2 Å². The van der Waals surface area contributed by atoms with Gasteiger partial charge in [-0.15, -0.1) is 18.3 Å². The Morgan fingerprint density at radius 1 is 1.55 bits per heavy atom. The highest BCUT2D eigenvalue weighted by atomic mass is 32.2. The number of nitrogens with zero attached hydrogens (tertiary/aromatic N) is 1. The topological polar surface area (TPSA) is 105 Å². The number of aromatic amines is 1. The third-order valence-corrected chi connectivity index (χ3v) is 4.35. The molecular formula is C12H16N2O5S. The number of ether oxygens (including phenoxy) is 1. The monoisotopic (exact) mass is 300 g/mol. The quantitative estimate of drug-likeness (QED) is 0.607. The molecule has 110 valence electrons. The Hall–Kier alpha value is -1.35. The van der Waals surface area contributed by atoms with E-state index in [0.29, 0.717) is 5.75 Å². The highest BCUT2D eigenvalue weighted by Gasteiger charge is 2.44. The summed E-state index contributed by atoms with van der Waals surface area (Å²) in [5, 5.41) is 18.9. The van der Waals surface area contributed by atoms with E-state index in [1.807, 2.05) is 0 Å². The third kappa shape index (κ3) is 2.88. The Bertz CT molecular complexity index is 584. The summed E-state index contributed by atoms with van der Waals surface area (Å²) >= 11 is 1.37. The zero-order valence-corrected chi connectivity index (χ0v) is 11.5. The Kier molecular flexibility index (Phi) is 4.81. The molecular weight excluding hydrogens is 284 g/mol. The van der Waals surface area contributed by atoms with Crippen LogP contribution in [0.15, 0.2) is 34.5 Å². The van der Waals surface area contributed by atoms with Crippen LogP contribution in [0.1, 0.15) is 6.23 Å². The fourth-order valence-corrected chi connectivity index (χ4v) is 3.17. The van der Waals surface area contributed by atoms with Gasteiger partial charge in [0.2, 0.25) is 0 Å². The van der Waals surface area contributed by atoms with Crippen LogP contribution in [-0.4, -0.2) is 49.6 Å². The molecule has 1 fully saturated rings. The van der Waals surface area contributed by atoms with Crippen molar-refractivity contribution in [3.8, 4) is 0 Å². The number of aromatic nitrogens is 2. The van der Waals surface area contributed by atoms with Crippen LogP contribution in [0.25, 0.3) is 0 Å². The molecule has 20 heavy (non-hydrogen) atoms. The van der Waals surface area contributed by atoms with Crippen molar-refractivity contribution in [2.75, 3.05) is 12.4 Å². The second-order valence-corrected chi connectivity index (χ2v) is 5.55. The summed E-state index contributed by atoms with van der Waals surface area (Å²) in [6.07, 6.45) is 0.572. The van der Waals surface area contributed by atoms with Crippen molar-refractivity contribution in [3.05, 3.63) is 45.8 Å². The molecule has 1 aliphatic heterocycles. The van der Waals surface area contributed by atoms with Gasteiger partial charge in [0, 0.05) is 18.0 Å². The first kappa shape index (κ1) is 15.0. The maximum atomic E-state index is 11.8. The average Bonchev–Trinajstić information content (AvgIpc) is 2.73. The van der Waals surface area contributed by atoms with Gasteiger partial charge in [-0.1, -0.05) is 6.08 Å².